The van der Waals surface area contributed by atoms with Gasteiger partial charge in [-0.15, -0.1) is 6.58 Å². The van der Waals surface area contributed by atoms with Crippen molar-refractivity contribution in [2.45, 2.75) is 32.8 Å². The van der Waals surface area contributed by atoms with Crippen LogP contribution >= 0.6 is 0 Å². The van der Waals surface area contributed by atoms with E-state index >= 15 is 0 Å². The lowest BCUT2D eigenvalue weighted by Crippen LogP contribution is -2.17. The van der Waals surface area contributed by atoms with Crippen LogP contribution in [-0.2, 0) is 12.8 Å². The van der Waals surface area contributed by atoms with Crippen LogP contribution in [0.2, 0.25) is 0 Å². The van der Waals surface area contributed by atoms with Crippen molar-refractivity contribution in [3.63, 3.8) is 0 Å². The molecule has 9 heteroatoms. The maximum absolute atomic E-state index is 10.8. The molecule has 0 aliphatic carbocycles. The zero-order chi connectivity index (χ0) is 21.7. The summed E-state index contributed by atoms with van der Waals surface area (Å²) in [6.45, 7) is 6.95. The third-order valence-electron chi connectivity index (χ3n) is 4.30. The number of rotatable bonds is 5. The molecule has 0 saturated carbocycles. The third-order valence-corrected chi connectivity index (χ3v) is 4.30. The summed E-state index contributed by atoms with van der Waals surface area (Å²) >= 11 is 0. The summed E-state index contributed by atoms with van der Waals surface area (Å²) in [6.07, 6.45) is 2.21. The molecule has 1 atom stereocenters. The number of benzene rings is 2. The fourth-order valence-electron chi connectivity index (χ4n) is 3.09. The molecule has 2 aromatic rings. The molecule has 2 N–H and O–H groups in total. The second-order valence-electron chi connectivity index (χ2n) is 6.70. The van der Waals surface area contributed by atoms with Crippen LogP contribution in [0.15, 0.2) is 36.9 Å². The molecular weight excluding hydrogens is 380 g/mol. The molecule has 0 spiro atoms. The van der Waals surface area contributed by atoms with Gasteiger partial charge in [0.25, 0.3) is 0 Å². The third kappa shape index (κ3) is 5.08. The number of nitro benzene ring substituents is 2. The first-order valence-electron chi connectivity index (χ1n) is 8.81. The number of phenolic OH excluding ortho intramolecular Hbond substituents is 1. The predicted octanol–water partition coefficient (Wildman–Crippen LogP) is 3.54. The lowest BCUT2D eigenvalue weighted by Gasteiger charge is -2.05. The lowest BCUT2D eigenvalue weighted by atomic mass is 10.1. The monoisotopic (exact) mass is 402 g/mol. The molecule has 1 aliphatic heterocycles. The van der Waals surface area contributed by atoms with Gasteiger partial charge >= 0.3 is 11.4 Å². The summed E-state index contributed by atoms with van der Waals surface area (Å²) in [5.41, 5.74) is 2.67. The van der Waals surface area contributed by atoms with Crippen LogP contribution in [0.25, 0.3) is 0 Å². The Morgan fingerprint density at radius 3 is 2.28 bits per heavy atom. The van der Waals surface area contributed by atoms with Gasteiger partial charge in [-0.05, 0) is 31.4 Å². The van der Waals surface area contributed by atoms with Crippen LogP contribution in [0, 0.1) is 34.1 Å². The van der Waals surface area contributed by atoms with Gasteiger partial charge < -0.3 is 14.9 Å². The van der Waals surface area contributed by atoms with Crippen LogP contribution in [0.1, 0.15) is 22.3 Å². The summed E-state index contributed by atoms with van der Waals surface area (Å²) in [4.78, 5) is 20.3. The molecule has 9 nitrogen and oxygen atoms in total. The van der Waals surface area contributed by atoms with Gasteiger partial charge in [0.1, 0.15) is 6.10 Å². The highest BCUT2D eigenvalue weighted by molar-refractivity contribution is 5.56. The van der Waals surface area contributed by atoms with Crippen LogP contribution < -0.4 is 4.74 Å². The minimum atomic E-state index is -0.588. The van der Waals surface area contributed by atoms with Crippen molar-refractivity contribution in [2.24, 2.45) is 0 Å². The fourth-order valence-corrected chi connectivity index (χ4v) is 3.09. The Kier molecular flexibility index (Phi) is 6.89. The second kappa shape index (κ2) is 9.16. The number of allylic oxidation sites excluding steroid dienone is 1. The molecule has 0 aromatic heterocycles. The second-order valence-corrected chi connectivity index (χ2v) is 6.70. The van der Waals surface area contributed by atoms with Gasteiger partial charge in [-0.25, -0.2) is 0 Å². The number of ether oxygens (including phenoxy) is 1. The number of hydrogen-bond acceptors (Lipinski definition) is 7. The minimum absolute atomic E-state index is 0.0130. The first-order valence-corrected chi connectivity index (χ1v) is 8.81. The average molecular weight is 402 g/mol. The van der Waals surface area contributed by atoms with Gasteiger partial charge in [0.05, 0.1) is 16.5 Å². The Morgan fingerprint density at radius 1 is 1.14 bits per heavy atom. The van der Waals surface area contributed by atoms with E-state index in [0.29, 0.717) is 24.2 Å². The number of aromatic hydroxyl groups is 1. The van der Waals surface area contributed by atoms with Gasteiger partial charge in [0, 0.05) is 29.7 Å². The summed E-state index contributed by atoms with van der Waals surface area (Å²) in [6, 6.07) is 6.41. The average Bonchev–Trinajstić information content (AvgIpc) is 3.07. The molecule has 1 heterocycles. The van der Waals surface area contributed by atoms with Crippen molar-refractivity contribution in [3.8, 4) is 11.5 Å². The van der Waals surface area contributed by atoms with E-state index in [1.807, 2.05) is 6.07 Å². The molecule has 154 valence electrons. The van der Waals surface area contributed by atoms with E-state index in [1.54, 1.807) is 26.0 Å². The maximum atomic E-state index is 10.8. The van der Waals surface area contributed by atoms with Crippen molar-refractivity contribution >= 4 is 11.4 Å². The molecule has 0 bridgehead atoms. The zero-order valence-corrected chi connectivity index (χ0v) is 16.1. The van der Waals surface area contributed by atoms with E-state index in [4.69, 9.17) is 9.84 Å². The number of nitrogens with zero attached hydrogens (tertiary/aromatic N) is 2. The molecule has 29 heavy (non-hydrogen) atoms. The Morgan fingerprint density at radius 2 is 1.72 bits per heavy atom. The fraction of sp³-hybridized carbons (Fsp3) is 0.300. The Bertz CT molecular complexity index is 956. The first kappa shape index (κ1) is 21.8. The number of hydrogen-bond donors (Lipinski definition) is 2. The predicted molar refractivity (Wildman–Crippen MR) is 106 cm³/mol. The molecule has 0 saturated heterocycles. The van der Waals surface area contributed by atoms with Gasteiger partial charge in [-0.3, -0.25) is 20.2 Å². The number of aryl methyl sites for hydroxylation is 2. The zero-order valence-electron chi connectivity index (χ0n) is 16.1. The SMILES string of the molecule is C=CCc1cc(C)cc([N+](=O)[O-])c1O.Cc1cc2c(c([N+](=O)[O-])c1)OC(CO)C2. The van der Waals surface area contributed by atoms with Crippen molar-refractivity contribution in [2.75, 3.05) is 6.61 Å². The number of aliphatic hydroxyl groups excluding tert-OH is 1. The number of fused-ring (bicyclic) bond motifs is 1. The van der Waals surface area contributed by atoms with Crippen molar-refractivity contribution in [3.05, 3.63) is 79.4 Å². The topological polar surface area (TPSA) is 136 Å². The van der Waals surface area contributed by atoms with E-state index in [1.165, 1.54) is 12.1 Å². The molecule has 1 unspecified atom stereocenters. The van der Waals surface area contributed by atoms with Crippen molar-refractivity contribution in [1.29, 1.82) is 0 Å². The van der Waals surface area contributed by atoms with E-state index in [2.05, 4.69) is 6.58 Å². The molecule has 2 aromatic carbocycles. The largest absolute Gasteiger partial charge is 0.502 e. The summed E-state index contributed by atoms with van der Waals surface area (Å²) in [5.74, 6) is 0.0464. The van der Waals surface area contributed by atoms with E-state index < -0.39 is 9.85 Å². The van der Waals surface area contributed by atoms with Crippen molar-refractivity contribution < 1.29 is 24.8 Å². The van der Waals surface area contributed by atoms with Crippen molar-refractivity contribution in [1.82, 2.24) is 0 Å². The van der Waals surface area contributed by atoms with Gasteiger partial charge in [0.2, 0.25) is 5.75 Å². The smallest absolute Gasteiger partial charge is 0.311 e. The molecular formula is C20H22N2O7. The minimum Gasteiger partial charge on any atom is -0.502 e. The van der Waals surface area contributed by atoms with E-state index in [0.717, 1.165) is 16.7 Å². The highest BCUT2D eigenvalue weighted by Crippen LogP contribution is 2.38. The van der Waals surface area contributed by atoms with E-state index in [9.17, 15) is 25.3 Å². The van der Waals surface area contributed by atoms with Gasteiger partial charge in [0.15, 0.2) is 5.75 Å². The van der Waals surface area contributed by atoms with Crippen LogP contribution in [0.3, 0.4) is 0 Å². The molecule has 0 radical (unpaired) electrons. The van der Waals surface area contributed by atoms with Crippen LogP contribution in [0.5, 0.6) is 11.5 Å². The molecule has 0 amide bonds. The van der Waals surface area contributed by atoms with Crippen LogP contribution in [-0.4, -0.2) is 32.8 Å². The van der Waals surface area contributed by atoms with Crippen LogP contribution in [0.4, 0.5) is 11.4 Å². The Balaban J connectivity index is 0.000000208. The number of nitro groups is 2. The van der Waals surface area contributed by atoms with Gasteiger partial charge in [-0.2, -0.15) is 0 Å². The lowest BCUT2D eigenvalue weighted by molar-refractivity contribution is -0.386. The molecule has 1 aliphatic rings. The quantitative estimate of drug-likeness (QED) is 0.443. The number of aliphatic hydroxyl groups is 1. The summed E-state index contributed by atoms with van der Waals surface area (Å²) in [5, 5.41) is 39.8. The standard InChI is InChI=1S/C10H11NO4.C10H11NO3/c1-6-2-7-4-8(5-12)15-10(7)9(3-6)11(13)14;1-3-4-8-5-7(2)6-9(10(8)12)11(13)14/h2-3,8,12H,4-5H2,1H3;3,5-6,12H,1,4H2,2H3. The summed E-state index contributed by atoms with van der Waals surface area (Å²) < 4.78 is 5.31. The Labute approximate surface area is 167 Å². The van der Waals surface area contributed by atoms with Gasteiger partial charge in [-0.1, -0.05) is 18.2 Å². The van der Waals surface area contributed by atoms with E-state index in [-0.39, 0.29) is 29.8 Å². The summed E-state index contributed by atoms with van der Waals surface area (Å²) in [7, 11) is 0. The first-order chi connectivity index (χ1) is 13.7. The Hall–Kier alpha value is -3.46. The maximum Gasteiger partial charge on any atom is 0.311 e. The normalized spacial score (nSPS) is 14.2. The molecule has 3 rings (SSSR count). The highest BCUT2D eigenvalue weighted by atomic mass is 16.6. The number of phenols is 1. The highest BCUT2D eigenvalue weighted by Gasteiger charge is 2.30. The molecule has 0 fully saturated rings.